The Bertz CT molecular complexity index is 466. The first-order valence-corrected chi connectivity index (χ1v) is 6.34. The Labute approximate surface area is 103 Å². The van der Waals surface area contributed by atoms with Crippen molar-refractivity contribution in [1.82, 2.24) is 5.32 Å². The van der Waals surface area contributed by atoms with Crippen molar-refractivity contribution >= 4 is 6.08 Å². The highest BCUT2D eigenvalue weighted by molar-refractivity contribution is 5.57. The number of benzene rings is 1. The molecule has 2 atom stereocenters. The summed E-state index contributed by atoms with van der Waals surface area (Å²) in [6.45, 7) is 7.02. The summed E-state index contributed by atoms with van der Waals surface area (Å²) in [5.74, 6) is 0.497. The summed E-state index contributed by atoms with van der Waals surface area (Å²) in [5, 5.41) is 3.45. The maximum absolute atomic E-state index is 6.11. The van der Waals surface area contributed by atoms with Gasteiger partial charge < -0.3 is 10.1 Å². The van der Waals surface area contributed by atoms with Crippen molar-refractivity contribution < 1.29 is 4.74 Å². The Balaban J connectivity index is 2.10. The molecule has 2 heterocycles. The largest absolute Gasteiger partial charge is 0.369 e. The third kappa shape index (κ3) is 1.63. The second-order valence-electron chi connectivity index (χ2n) is 5.20. The molecule has 0 aromatic heterocycles. The van der Waals surface area contributed by atoms with Crippen molar-refractivity contribution in [3.63, 3.8) is 0 Å². The summed E-state index contributed by atoms with van der Waals surface area (Å²) in [7, 11) is 0. The summed E-state index contributed by atoms with van der Waals surface area (Å²) < 4.78 is 6.11. The van der Waals surface area contributed by atoms with Crippen LogP contribution in [0.1, 0.15) is 36.5 Å². The lowest BCUT2D eigenvalue weighted by molar-refractivity contribution is -0.0518. The molecule has 1 N–H and O–H groups in total. The molecule has 0 spiro atoms. The van der Waals surface area contributed by atoms with Gasteiger partial charge in [-0.1, -0.05) is 30.4 Å². The van der Waals surface area contributed by atoms with Gasteiger partial charge in [-0.25, -0.2) is 0 Å². The lowest BCUT2D eigenvalue weighted by Gasteiger charge is -2.37. The van der Waals surface area contributed by atoms with Crippen molar-refractivity contribution in [2.45, 2.75) is 32.0 Å². The van der Waals surface area contributed by atoms with Gasteiger partial charge in [0, 0.05) is 19.0 Å². The molecule has 0 saturated carbocycles. The van der Waals surface area contributed by atoms with Crippen LogP contribution in [0.25, 0.3) is 6.08 Å². The van der Waals surface area contributed by atoms with Gasteiger partial charge in [-0.15, -0.1) is 0 Å². The predicted octanol–water partition coefficient (Wildman–Crippen LogP) is 2.70. The third-order valence-corrected chi connectivity index (χ3v) is 4.08. The minimum atomic E-state index is -0.0123. The Hall–Kier alpha value is -1.12. The van der Waals surface area contributed by atoms with E-state index in [0.29, 0.717) is 5.92 Å². The summed E-state index contributed by atoms with van der Waals surface area (Å²) in [6, 6.07) is 6.60. The molecular formula is C15H19NO. The van der Waals surface area contributed by atoms with Crippen LogP contribution in [0.4, 0.5) is 0 Å². The van der Waals surface area contributed by atoms with Gasteiger partial charge in [0.1, 0.15) is 0 Å². The highest BCUT2D eigenvalue weighted by Gasteiger charge is 2.44. The van der Waals surface area contributed by atoms with Crippen LogP contribution in [-0.2, 0) is 11.3 Å². The number of nitrogens with one attached hydrogen (secondary N) is 1. The highest BCUT2D eigenvalue weighted by Crippen LogP contribution is 2.42. The molecule has 1 saturated heterocycles. The van der Waals surface area contributed by atoms with Crippen LogP contribution >= 0.6 is 0 Å². The summed E-state index contributed by atoms with van der Waals surface area (Å²) in [5.41, 5.74) is 4.14. The molecule has 17 heavy (non-hydrogen) atoms. The average molecular weight is 229 g/mol. The van der Waals surface area contributed by atoms with E-state index in [1.54, 1.807) is 0 Å². The van der Waals surface area contributed by atoms with Gasteiger partial charge in [0.15, 0.2) is 0 Å². The highest BCUT2D eigenvalue weighted by atomic mass is 16.5. The van der Waals surface area contributed by atoms with Crippen molar-refractivity contribution in [2.75, 3.05) is 13.1 Å². The van der Waals surface area contributed by atoms with Gasteiger partial charge in [0.25, 0.3) is 0 Å². The molecule has 90 valence electrons. The van der Waals surface area contributed by atoms with Crippen molar-refractivity contribution in [3.8, 4) is 0 Å². The fourth-order valence-electron chi connectivity index (χ4n) is 3.08. The van der Waals surface area contributed by atoms with E-state index in [-0.39, 0.29) is 5.60 Å². The molecule has 2 aliphatic rings. The Morgan fingerprint density at radius 1 is 1.47 bits per heavy atom. The lowest BCUT2D eigenvalue weighted by Crippen LogP contribution is -2.39. The molecule has 1 aromatic carbocycles. The standard InChI is InChI=1S/C15H19NO/c1-3-5-11-6-4-7-12-13(11)9-17-15(2)10-16-8-14(12)15/h3-7,14,16H,8-10H2,1-2H3/b5-3-/t14-,15?/m0/s1. The Morgan fingerprint density at radius 2 is 2.35 bits per heavy atom. The van der Waals surface area contributed by atoms with E-state index in [4.69, 9.17) is 4.74 Å². The zero-order valence-corrected chi connectivity index (χ0v) is 10.5. The number of fused-ring (bicyclic) bond motifs is 3. The first-order chi connectivity index (χ1) is 8.24. The molecular weight excluding hydrogens is 210 g/mol. The normalized spacial score (nSPS) is 31.5. The van der Waals surface area contributed by atoms with E-state index in [1.165, 1.54) is 16.7 Å². The van der Waals surface area contributed by atoms with Crippen LogP contribution in [0.3, 0.4) is 0 Å². The lowest BCUT2D eigenvalue weighted by atomic mass is 9.80. The molecule has 0 aliphatic carbocycles. The summed E-state index contributed by atoms with van der Waals surface area (Å²) >= 11 is 0. The van der Waals surface area contributed by atoms with Gasteiger partial charge in [0.05, 0.1) is 12.2 Å². The molecule has 0 amide bonds. The first-order valence-electron chi connectivity index (χ1n) is 6.34. The topological polar surface area (TPSA) is 21.3 Å². The molecule has 0 radical (unpaired) electrons. The van der Waals surface area contributed by atoms with Crippen LogP contribution in [0.2, 0.25) is 0 Å². The molecule has 1 unspecified atom stereocenters. The first kappa shape index (κ1) is 11.0. The van der Waals surface area contributed by atoms with Crippen molar-refractivity contribution in [2.24, 2.45) is 0 Å². The molecule has 2 nitrogen and oxygen atoms in total. The van der Waals surface area contributed by atoms with Gasteiger partial charge in [-0.3, -0.25) is 0 Å². The van der Waals surface area contributed by atoms with Crippen molar-refractivity contribution in [1.29, 1.82) is 0 Å². The predicted molar refractivity (Wildman–Crippen MR) is 70.0 cm³/mol. The van der Waals surface area contributed by atoms with Crippen LogP contribution in [-0.4, -0.2) is 18.7 Å². The van der Waals surface area contributed by atoms with E-state index in [2.05, 4.69) is 49.5 Å². The molecule has 0 bridgehead atoms. The number of ether oxygens (including phenoxy) is 1. The van der Waals surface area contributed by atoms with E-state index in [9.17, 15) is 0 Å². The number of rotatable bonds is 1. The molecule has 1 aromatic rings. The fourth-order valence-corrected chi connectivity index (χ4v) is 3.08. The Morgan fingerprint density at radius 3 is 3.18 bits per heavy atom. The maximum Gasteiger partial charge on any atom is 0.0863 e. The van der Waals surface area contributed by atoms with E-state index in [1.807, 2.05) is 0 Å². The third-order valence-electron chi connectivity index (χ3n) is 4.08. The van der Waals surface area contributed by atoms with Crippen LogP contribution < -0.4 is 5.32 Å². The van der Waals surface area contributed by atoms with Gasteiger partial charge in [-0.05, 0) is 30.5 Å². The summed E-state index contributed by atoms with van der Waals surface area (Å²) in [4.78, 5) is 0. The number of hydrogen-bond acceptors (Lipinski definition) is 2. The van der Waals surface area contributed by atoms with Gasteiger partial charge in [-0.2, -0.15) is 0 Å². The maximum atomic E-state index is 6.11. The van der Waals surface area contributed by atoms with E-state index >= 15 is 0 Å². The number of hydrogen-bond donors (Lipinski definition) is 1. The molecule has 3 rings (SSSR count). The van der Waals surface area contributed by atoms with Crippen LogP contribution in [0, 0.1) is 0 Å². The van der Waals surface area contributed by atoms with Gasteiger partial charge in [0.2, 0.25) is 0 Å². The second-order valence-corrected chi connectivity index (χ2v) is 5.20. The smallest absolute Gasteiger partial charge is 0.0863 e. The quantitative estimate of drug-likeness (QED) is 0.799. The average Bonchev–Trinajstić information content (AvgIpc) is 2.72. The second kappa shape index (κ2) is 3.97. The Kier molecular flexibility index (Phi) is 2.57. The van der Waals surface area contributed by atoms with Gasteiger partial charge >= 0.3 is 0 Å². The summed E-state index contributed by atoms with van der Waals surface area (Å²) in [6.07, 6.45) is 4.27. The monoisotopic (exact) mass is 229 g/mol. The van der Waals surface area contributed by atoms with Crippen molar-refractivity contribution in [3.05, 3.63) is 41.0 Å². The fraction of sp³-hybridized carbons (Fsp3) is 0.467. The van der Waals surface area contributed by atoms with E-state index < -0.39 is 0 Å². The zero-order valence-electron chi connectivity index (χ0n) is 10.5. The molecule has 2 aliphatic heterocycles. The van der Waals surface area contributed by atoms with E-state index in [0.717, 1.165) is 19.7 Å². The van der Waals surface area contributed by atoms with Crippen LogP contribution in [0.5, 0.6) is 0 Å². The zero-order chi connectivity index (χ0) is 11.9. The minimum absolute atomic E-state index is 0.0123. The SMILES string of the molecule is C/C=C\c1cccc2c1COC1(C)CNC[C@@H]21. The molecule has 1 fully saturated rings. The minimum Gasteiger partial charge on any atom is -0.369 e. The van der Waals surface area contributed by atoms with Crippen LogP contribution in [0.15, 0.2) is 24.3 Å². The molecule has 2 heteroatoms. The number of allylic oxidation sites excluding steroid dienone is 1.